The molecule has 1 rings (SSSR count). The lowest BCUT2D eigenvalue weighted by molar-refractivity contribution is 0.657. The van der Waals surface area contributed by atoms with Crippen LogP contribution >= 0.6 is 0 Å². The molecule has 0 bridgehead atoms. The van der Waals surface area contributed by atoms with Gasteiger partial charge in [-0.2, -0.15) is 0 Å². The molecule has 0 aliphatic rings. The summed E-state index contributed by atoms with van der Waals surface area (Å²) in [5, 5.41) is 0. The van der Waals surface area contributed by atoms with Gasteiger partial charge in [0, 0.05) is 25.0 Å². The lowest BCUT2D eigenvalue weighted by Crippen LogP contribution is -2.33. The second-order valence-corrected chi connectivity index (χ2v) is 5.21. The van der Waals surface area contributed by atoms with Crippen molar-refractivity contribution in [2.75, 3.05) is 11.4 Å². The topological polar surface area (TPSA) is 55.0 Å². The summed E-state index contributed by atoms with van der Waals surface area (Å²) in [5.41, 5.74) is 7.87. The molecule has 0 aromatic carbocycles. The fourth-order valence-corrected chi connectivity index (χ4v) is 1.99. The van der Waals surface area contributed by atoms with E-state index in [0.29, 0.717) is 18.5 Å². The van der Waals surface area contributed by atoms with E-state index in [2.05, 4.69) is 49.5 Å². The van der Waals surface area contributed by atoms with Gasteiger partial charge in [0.15, 0.2) is 0 Å². The Kier molecular flexibility index (Phi) is 5.54. The number of aromatic nitrogens is 2. The first-order valence-electron chi connectivity index (χ1n) is 6.83. The van der Waals surface area contributed by atoms with Gasteiger partial charge < -0.3 is 10.6 Å². The number of hydrogen-bond donors (Lipinski definition) is 1. The summed E-state index contributed by atoms with van der Waals surface area (Å²) in [5.74, 6) is 1.21. The average Bonchev–Trinajstić information content (AvgIpc) is 2.34. The van der Waals surface area contributed by atoms with E-state index in [-0.39, 0.29) is 0 Å². The SMILES string of the molecule is CCCN(c1cnc(C(C)C)nc1CN)C(C)C. The summed E-state index contributed by atoms with van der Waals surface area (Å²) in [6.45, 7) is 12.2. The number of nitrogens with two attached hydrogens (primary N) is 1. The van der Waals surface area contributed by atoms with Gasteiger partial charge in [-0.15, -0.1) is 0 Å². The molecule has 0 saturated heterocycles. The Labute approximate surface area is 111 Å². The molecule has 4 nitrogen and oxygen atoms in total. The monoisotopic (exact) mass is 250 g/mol. The van der Waals surface area contributed by atoms with Crippen LogP contribution in [0, 0.1) is 0 Å². The van der Waals surface area contributed by atoms with E-state index in [0.717, 1.165) is 30.2 Å². The summed E-state index contributed by atoms with van der Waals surface area (Å²) < 4.78 is 0. The number of rotatable bonds is 6. The zero-order valence-electron chi connectivity index (χ0n) is 12.3. The van der Waals surface area contributed by atoms with E-state index < -0.39 is 0 Å². The van der Waals surface area contributed by atoms with E-state index in [1.165, 1.54) is 0 Å². The van der Waals surface area contributed by atoms with Crippen LogP contribution in [0.15, 0.2) is 6.20 Å². The Morgan fingerprint density at radius 3 is 2.39 bits per heavy atom. The first kappa shape index (κ1) is 14.9. The van der Waals surface area contributed by atoms with Crippen LogP contribution < -0.4 is 10.6 Å². The molecule has 1 aromatic heterocycles. The predicted molar refractivity (Wildman–Crippen MR) is 76.8 cm³/mol. The second kappa shape index (κ2) is 6.69. The fraction of sp³-hybridized carbons (Fsp3) is 0.714. The van der Waals surface area contributed by atoms with Gasteiger partial charge in [-0.25, -0.2) is 9.97 Å². The van der Waals surface area contributed by atoms with Crippen LogP contribution in [0.3, 0.4) is 0 Å². The summed E-state index contributed by atoms with van der Waals surface area (Å²) in [7, 11) is 0. The number of nitrogens with zero attached hydrogens (tertiary/aromatic N) is 3. The van der Waals surface area contributed by atoms with Gasteiger partial charge in [0.05, 0.1) is 17.6 Å². The highest BCUT2D eigenvalue weighted by Crippen LogP contribution is 2.22. The molecular formula is C14H26N4. The minimum Gasteiger partial charge on any atom is -0.366 e. The lowest BCUT2D eigenvalue weighted by atomic mass is 10.2. The summed E-state index contributed by atoms with van der Waals surface area (Å²) in [6.07, 6.45) is 3.04. The summed E-state index contributed by atoms with van der Waals surface area (Å²) >= 11 is 0. The highest BCUT2D eigenvalue weighted by Gasteiger charge is 2.16. The first-order chi connectivity index (χ1) is 8.51. The maximum absolute atomic E-state index is 5.84. The standard InChI is InChI=1S/C14H26N4/c1-6-7-18(11(4)5)13-9-16-14(10(2)3)17-12(13)8-15/h9-11H,6-8,15H2,1-5H3. The smallest absolute Gasteiger partial charge is 0.131 e. The van der Waals surface area contributed by atoms with Gasteiger partial charge in [0.2, 0.25) is 0 Å². The zero-order chi connectivity index (χ0) is 13.7. The molecule has 0 spiro atoms. The van der Waals surface area contributed by atoms with E-state index in [9.17, 15) is 0 Å². The molecule has 4 heteroatoms. The molecule has 102 valence electrons. The molecule has 0 aliphatic heterocycles. The average molecular weight is 250 g/mol. The maximum atomic E-state index is 5.84. The van der Waals surface area contributed by atoms with Crippen molar-refractivity contribution in [3.05, 3.63) is 17.7 Å². The molecular weight excluding hydrogens is 224 g/mol. The Morgan fingerprint density at radius 2 is 1.94 bits per heavy atom. The largest absolute Gasteiger partial charge is 0.366 e. The molecule has 0 aliphatic carbocycles. The quantitative estimate of drug-likeness (QED) is 0.843. The van der Waals surface area contributed by atoms with Crippen LogP contribution in [0.25, 0.3) is 0 Å². The molecule has 0 radical (unpaired) electrons. The van der Waals surface area contributed by atoms with E-state index in [1.807, 2.05) is 6.20 Å². The predicted octanol–water partition coefficient (Wildman–Crippen LogP) is 2.68. The molecule has 1 heterocycles. The Balaban J connectivity index is 3.13. The van der Waals surface area contributed by atoms with Gasteiger partial charge in [0.1, 0.15) is 5.82 Å². The van der Waals surface area contributed by atoms with Crippen molar-refractivity contribution in [2.24, 2.45) is 5.73 Å². The summed E-state index contributed by atoms with van der Waals surface area (Å²) in [6, 6.07) is 0.434. The number of hydrogen-bond acceptors (Lipinski definition) is 4. The van der Waals surface area contributed by atoms with Crippen LogP contribution in [-0.4, -0.2) is 22.6 Å². The van der Waals surface area contributed by atoms with Crippen molar-refractivity contribution in [1.29, 1.82) is 0 Å². The van der Waals surface area contributed by atoms with Gasteiger partial charge in [-0.05, 0) is 20.3 Å². The van der Waals surface area contributed by atoms with Gasteiger partial charge >= 0.3 is 0 Å². The maximum Gasteiger partial charge on any atom is 0.131 e. The fourth-order valence-electron chi connectivity index (χ4n) is 1.99. The first-order valence-corrected chi connectivity index (χ1v) is 6.83. The van der Waals surface area contributed by atoms with Crippen molar-refractivity contribution in [1.82, 2.24) is 9.97 Å². The Hall–Kier alpha value is -1.16. The third-order valence-electron chi connectivity index (χ3n) is 2.97. The molecule has 2 N–H and O–H groups in total. The van der Waals surface area contributed by atoms with Crippen LogP contribution in [0.2, 0.25) is 0 Å². The van der Waals surface area contributed by atoms with Crippen molar-refractivity contribution >= 4 is 5.69 Å². The van der Waals surface area contributed by atoms with Crippen LogP contribution in [0.1, 0.15) is 58.5 Å². The molecule has 0 amide bonds. The van der Waals surface area contributed by atoms with Crippen molar-refractivity contribution in [3.8, 4) is 0 Å². The van der Waals surface area contributed by atoms with Crippen molar-refractivity contribution in [3.63, 3.8) is 0 Å². The number of anilines is 1. The molecule has 0 saturated carbocycles. The van der Waals surface area contributed by atoms with E-state index in [1.54, 1.807) is 0 Å². The van der Waals surface area contributed by atoms with Crippen molar-refractivity contribution in [2.45, 2.75) is 59.5 Å². The second-order valence-electron chi connectivity index (χ2n) is 5.21. The van der Waals surface area contributed by atoms with E-state index in [4.69, 9.17) is 5.73 Å². The third kappa shape index (κ3) is 3.42. The van der Waals surface area contributed by atoms with Gasteiger partial charge in [0.25, 0.3) is 0 Å². The molecule has 0 atom stereocenters. The summed E-state index contributed by atoms with van der Waals surface area (Å²) in [4.78, 5) is 11.4. The van der Waals surface area contributed by atoms with Crippen LogP contribution in [0.5, 0.6) is 0 Å². The lowest BCUT2D eigenvalue weighted by Gasteiger charge is -2.30. The molecule has 18 heavy (non-hydrogen) atoms. The minimum atomic E-state index is 0.336. The van der Waals surface area contributed by atoms with E-state index >= 15 is 0 Å². The third-order valence-corrected chi connectivity index (χ3v) is 2.97. The Bertz CT molecular complexity index is 374. The van der Waals surface area contributed by atoms with Gasteiger partial charge in [-0.1, -0.05) is 20.8 Å². The molecule has 1 aromatic rings. The minimum absolute atomic E-state index is 0.336. The zero-order valence-corrected chi connectivity index (χ0v) is 12.3. The molecule has 0 fully saturated rings. The van der Waals surface area contributed by atoms with Crippen LogP contribution in [0.4, 0.5) is 5.69 Å². The highest BCUT2D eigenvalue weighted by molar-refractivity contribution is 5.50. The Morgan fingerprint density at radius 1 is 1.28 bits per heavy atom. The van der Waals surface area contributed by atoms with Crippen molar-refractivity contribution < 1.29 is 0 Å². The van der Waals surface area contributed by atoms with Gasteiger partial charge in [-0.3, -0.25) is 0 Å². The highest BCUT2D eigenvalue weighted by atomic mass is 15.2. The normalized spacial score (nSPS) is 11.3. The van der Waals surface area contributed by atoms with Crippen LogP contribution in [-0.2, 0) is 6.54 Å². The molecule has 0 unspecified atom stereocenters.